The normalized spacial score (nSPS) is 17.1. The van der Waals surface area contributed by atoms with Crippen LogP contribution in [0.1, 0.15) is 25.7 Å². The number of nitrogens with zero attached hydrogens (tertiary/aromatic N) is 4. The first-order valence-corrected chi connectivity index (χ1v) is 10.5. The summed E-state index contributed by atoms with van der Waals surface area (Å²) in [5, 5.41) is 3.02. The SMILES string of the molecule is COc1ccc(OC)c(NC(=O)C2CCN(c3cncnc3N3CCCC3)CC2)c1. The number of hydrogen-bond acceptors (Lipinski definition) is 7. The molecule has 1 aromatic carbocycles. The van der Waals surface area contributed by atoms with Gasteiger partial charge in [0, 0.05) is 38.2 Å². The van der Waals surface area contributed by atoms with Gasteiger partial charge in [0.05, 0.1) is 31.8 Å². The molecule has 2 aromatic rings. The number of anilines is 3. The van der Waals surface area contributed by atoms with E-state index >= 15 is 0 Å². The Bertz CT molecular complexity index is 877. The van der Waals surface area contributed by atoms with Gasteiger partial charge in [-0.25, -0.2) is 9.97 Å². The van der Waals surface area contributed by atoms with Gasteiger partial charge in [0.15, 0.2) is 5.82 Å². The lowest BCUT2D eigenvalue weighted by atomic mass is 9.95. The summed E-state index contributed by atoms with van der Waals surface area (Å²) in [6.45, 7) is 3.71. The Balaban J connectivity index is 1.40. The van der Waals surface area contributed by atoms with Gasteiger partial charge in [0.2, 0.25) is 5.91 Å². The number of ether oxygens (including phenoxy) is 2. The molecule has 0 atom stereocenters. The molecule has 4 rings (SSSR count). The molecule has 2 saturated heterocycles. The van der Waals surface area contributed by atoms with Gasteiger partial charge >= 0.3 is 0 Å². The minimum atomic E-state index is -0.0444. The molecule has 160 valence electrons. The highest BCUT2D eigenvalue weighted by Gasteiger charge is 2.28. The fraction of sp³-hybridized carbons (Fsp3) is 0.500. The number of carbonyl (C=O) groups is 1. The Labute approximate surface area is 177 Å². The third-order valence-electron chi connectivity index (χ3n) is 5.95. The highest BCUT2D eigenvalue weighted by Crippen LogP contribution is 2.33. The highest BCUT2D eigenvalue weighted by molar-refractivity contribution is 5.94. The van der Waals surface area contributed by atoms with Gasteiger partial charge in [0.25, 0.3) is 0 Å². The molecule has 0 unspecified atom stereocenters. The molecule has 8 heteroatoms. The molecule has 3 heterocycles. The number of piperidine rings is 1. The molecule has 2 aliphatic heterocycles. The molecule has 1 amide bonds. The van der Waals surface area contributed by atoms with Crippen molar-refractivity contribution in [2.24, 2.45) is 5.92 Å². The minimum Gasteiger partial charge on any atom is -0.497 e. The topological polar surface area (TPSA) is 79.8 Å². The predicted molar refractivity (Wildman–Crippen MR) is 117 cm³/mol. The summed E-state index contributed by atoms with van der Waals surface area (Å²) >= 11 is 0. The Morgan fingerprint density at radius 3 is 2.53 bits per heavy atom. The summed E-state index contributed by atoms with van der Waals surface area (Å²) in [5.74, 6) is 2.30. The summed E-state index contributed by atoms with van der Waals surface area (Å²) < 4.78 is 10.6. The maximum atomic E-state index is 12.9. The third-order valence-corrected chi connectivity index (χ3v) is 5.95. The van der Waals surface area contributed by atoms with E-state index in [9.17, 15) is 4.79 Å². The van der Waals surface area contributed by atoms with Crippen LogP contribution in [-0.2, 0) is 4.79 Å². The largest absolute Gasteiger partial charge is 0.497 e. The molecule has 2 fully saturated rings. The van der Waals surface area contributed by atoms with Crippen molar-refractivity contribution in [2.45, 2.75) is 25.7 Å². The second kappa shape index (κ2) is 9.19. The summed E-state index contributed by atoms with van der Waals surface area (Å²) in [5.41, 5.74) is 1.71. The first-order valence-electron chi connectivity index (χ1n) is 10.5. The minimum absolute atomic E-state index is 0.0188. The quantitative estimate of drug-likeness (QED) is 0.783. The van der Waals surface area contributed by atoms with Gasteiger partial charge < -0.3 is 24.6 Å². The third kappa shape index (κ3) is 4.27. The van der Waals surface area contributed by atoms with Crippen LogP contribution in [0.15, 0.2) is 30.7 Å². The molecule has 0 bridgehead atoms. The van der Waals surface area contributed by atoms with E-state index in [1.54, 1.807) is 32.7 Å². The van der Waals surface area contributed by atoms with Crippen molar-refractivity contribution in [1.82, 2.24) is 9.97 Å². The van der Waals surface area contributed by atoms with E-state index in [-0.39, 0.29) is 11.8 Å². The average Bonchev–Trinajstić information content (AvgIpc) is 3.34. The predicted octanol–water partition coefficient (Wildman–Crippen LogP) is 2.95. The van der Waals surface area contributed by atoms with Gasteiger partial charge in [-0.15, -0.1) is 0 Å². The van der Waals surface area contributed by atoms with Crippen molar-refractivity contribution >= 4 is 23.1 Å². The molecule has 0 spiro atoms. The lowest BCUT2D eigenvalue weighted by molar-refractivity contribution is -0.120. The van der Waals surface area contributed by atoms with E-state index in [1.807, 2.05) is 12.3 Å². The first-order chi connectivity index (χ1) is 14.7. The van der Waals surface area contributed by atoms with E-state index in [0.29, 0.717) is 17.2 Å². The number of methoxy groups -OCH3 is 2. The zero-order valence-electron chi connectivity index (χ0n) is 17.6. The second-order valence-corrected chi connectivity index (χ2v) is 7.74. The summed E-state index contributed by atoms with van der Waals surface area (Å²) in [7, 11) is 3.20. The van der Waals surface area contributed by atoms with E-state index in [2.05, 4.69) is 25.1 Å². The van der Waals surface area contributed by atoms with Crippen molar-refractivity contribution in [2.75, 3.05) is 55.5 Å². The van der Waals surface area contributed by atoms with Gasteiger partial charge in [-0.3, -0.25) is 4.79 Å². The number of hydrogen-bond donors (Lipinski definition) is 1. The van der Waals surface area contributed by atoms with Crippen molar-refractivity contribution in [3.8, 4) is 11.5 Å². The zero-order valence-corrected chi connectivity index (χ0v) is 17.6. The van der Waals surface area contributed by atoms with E-state index in [1.165, 1.54) is 12.8 Å². The van der Waals surface area contributed by atoms with Crippen LogP contribution in [0, 0.1) is 5.92 Å². The van der Waals surface area contributed by atoms with Crippen LogP contribution in [0.3, 0.4) is 0 Å². The first kappa shape index (κ1) is 20.3. The van der Waals surface area contributed by atoms with Crippen LogP contribution >= 0.6 is 0 Å². The summed E-state index contributed by atoms with van der Waals surface area (Å²) in [4.78, 5) is 26.3. The summed E-state index contributed by atoms with van der Waals surface area (Å²) in [6.07, 6.45) is 7.51. The molecule has 8 nitrogen and oxygen atoms in total. The van der Waals surface area contributed by atoms with Crippen LogP contribution in [0.25, 0.3) is 0 Å². The van der Waals surface area contributed by atoms with Crippen LogP contribution in [0.2, 0.25) is 0 Å². The van der Waals surface area contributed by atoms with Crippen molar-refractivity contribution < 1.29 is 14.3 Å². The van der Waals surface area contributed by atoms with Crippen molar-refractivity contribution in [3.05, 3.63) is 30.7 Å². The Morgan fingerprint density at radius 2 is 1.83 bits per heavy atom. The lowest BCUT2D eigenvalue weighted by Gasteiger charge is -2.34. The van der Waals surface area contributed by atoms with Gasteiger partial charge in [-0.05, 0) is 37.8 Å². The Kier molecular flexibility index (Phi) is 6.21. The Morgan fingerprint density at radius 1 is 1.07 bits per heavy atom. The second-order valence-electron chi connectivity index (χ2n) is 7.74. The molecule has 0 aliphatic carbocycles. The van der Waals surface area contributed by atoms with Gasteiger partial charge in [-0.1, -0.05) is 0 Å². The maximum absolute atomic E-state index is 12.9. The molecule has 0 saturated carbocycles. The lowest BCUT2D eigenvalue weighted by Crippen LogP contribution is -2.39. The zero-order chi connectivity index (χ0) is 20.9. The fourth-order valence-corrected chi connectivity index (χ4v) is 4.24. The molecular formula is C22H29N5O3. The molecule has 1 aromatic heterocycles. The summed E-state index contributed by atoms with van der Waals surface area (Å²) in [6, 6.07) is 5.40. The average molecular weight is 412 g/mol. The standard InChI is InChI=1S/C22H29N5O3/c1-29-17-5-6-20(30-2)18(13-17)25-22(28)16-7-11-26(12-8-16)19-14-23-15-24-21(19)27-9-3-4-10-27/h5-6,13-16H,3-4,7-12H2,1-2H3,(H,25,28). The maximum Gasteiger partial charge on any atom is 0.227 e. The van der Waals surface area contributed by atoms with E-state index in [0.717, 1.165) is 50.5 Å². The van der Waals surface area contributed by atoms with E-state index in [4.69, 9.17) is 9.47 Å². The highest BCUT2D eigenvalue weighted by atomic mass is 16.5. The molecular weight excluding hydrogens is 382 g/mol. The smallest absolute Gasteiger partial charge is 0.227 e. The van der Waals surface area contributed by atoms with E-state index < -0.39 is 0 Å². The van der Waals surface area contributed by atoms with Crippen LogP contribution in [-0.4, -0.2) is 56.3 Å². The van der Waals surface area contributed by atoms with Gasteiger partial charge in [-0.2, -0.15) is 0 Å². The van der Waals surface area contributed by atoms with Crippen molar-refractivity contribution in [3.63, 3.8) is 0 Å². The molecule has 1 N–H and O–H groups in total. The number of benzene rings is 1. The molecule has 2 aliphatic rings. The number of aromatic nitrogens is 2. The number of rotatable bonds is 6. The van der Waals surface area contributed by atoms with Gasteiger partial charge in [0.1, 0.15) is 17.8 Å². The number of carbonyl (C=O) groups excluding carboxylic acids is 1. The fourth-order valence-electron chi connectivity index (χ4n) is 4.24. The van der Waals surface area contributed by atoms with Crippen LogP contribution in [0.5, 0.6) is 11.5 Å². The van der Waals surface area contributed by atoms with Crippen LogP contribution in [0.4, 0.5) is 17.2 Å². The monoisotopic (exact) mass is 411 g/mol. The number of amides is 1. The Hall–Kier alpha value is -3.03. The number of nitrogens with one attached hydrogen (secondary N) is 1. The van der Waals surface area contributed by atoms with Crippen molar-refractivity contribution in [1.29, 1.82) is 0 Å². The van der Waals surface area contributed by atoms with Crippen LogP contribution < -0.4 is 24.6 Å². The molecule has 30 heavy (non-hydrogen) atoms. The molecule has 0 radical (unpaired) electrons.